The molecule has 0 aliphatic carbocycles. The molecule has 0 saturated heterocycles. The fourth-order valence-electron chi connectivity index (χ4n) is 1.57. The van der Waals surface area contributed by atoms with E-state index in [0.717, 1.165) is 12.1 Å². The Morgan fingerprint density at radius 1 is 1.35 bits per heavy atom. The van der Waals surface area contributed by atoms with Gasteiger partial charge in [0.15, 0.2) is 0 Å². The molecule has 2 nitrogen and oxygen atoms in total. The number of alkyl halides is 3. The van der Waals surface area contributed by atoms with Crippen molar-refractivity contribution in [2.45, 2.75) is 19.2 Å². The largest absolute Gasteiger partial charge is 0.416 e. The number of hydrogen-bond donors (Lipinski definition) is 1. The van der Waals surface area contributed by atoms with Gasteiger partial charge >= 0.3 is 6.18 Å². The highest BCUT2D eigenvalue weighted by molar-refractivity contribution is 5.27. The zero-order valence-corrected chi connectivity index (χ0v) is 9.84. The summed E-state index contributed by atoms with van der Waals surface area (Å²) < 4.78 is 43.0. The van der Waals surface area contributed by atoms with Crippen LogP contribution in [0.4, 0.5) is 13.2 Å². The van der Waals surface area contributed by atoms with Gasteiger partial charge in [-0.2, -0.15) is 13.2 Å². The molecule has 1 N–H and O–H groups in total. The Morgan fingerprint density at radius 3 is 2.59 bits per heavy atom. The third-order valence-electron chi connectivity index (χ3n) is 2.34. The van der Waals surface area contributed by atoms with Crippen LogP contribution in [0.2, 0.25) is 0 Å². The summed E-state index contributed by atoms with van der Waals surface area (Å²) in [4.78, 5) is 0. The molecule has 0 amide bonds. The Hall–Kier alpha value is -1.07. The topological polar surface area (TPSA) is 21.3 Å². The molecule has 0 bridgehead atoms. The summed E-state index contributed by atoms with van der Waals surface area (Å²) in [7, 11) is 1.74. The van der Waals surface area contributed by atoms with Crippen LogP contribution in [0.5, 0.6) is 0 Å². The molecule has 0 fully saturated rings. The molecule has 17 heavy (non-hydrogen) atoms. The molecule has 0 spiro atoms. The van der Waals surface area contributed by atoms with Crippen LogP contribution < -0.4 is 5.32 Å². The van der Waals surface area contributed by atoms with Crippen LogP contribution in [0, 0.1) is 0 Å². The second-order valence-corrected chi connectivity index (χ2v) is 3.62. The lowest BCUT2D eigenvalue weighted by molar-refractivity contribution is -0.137. The van der Waals surface area contributed by atoms with Crippen molar-refractivity contribution in [2.24, 2.45) is 0 Å². The molecular formula is C12H16F3NO. The third kappa shape index (κ3) is 4.02. The summed E-state index contributed by atoms with van der Waals surface area (Å²) in [6, 6.07) is 5.25. The van der Waals surface area contributed by atoms with Crippen LogP contribution in [0.3, 0.4) is 0 Å². The van der Waals surface area contributed by atoms with Crippen molar-refractivity contribution in [3.63, 3.8) is 0 Å². The maximum atomic E-state index is 12.5. The van der Waals surface area contributed by atoms with E-state index in [1.165, 1.54) is 6.07 Å². The minimum absolute atomic E-state index is 0.354. The van der Waals surface area contributed by atoms with Crippen LogP contribution >= 0.6 is 0 Å². The number of likely N-dealkylation sites (N-methyl/N-ethyl adjacent to an activating group) is 1. The predicted octanol–water partition coefficient (Wildman–Crippen LogP) is 3.00. The Balaban J connectivity index is 2.95. The maximum absolute atomic E-state index is 12.5. The van der Waals surface area contributed by atoms with Gasteiger partial charge in [-0.15, -0.1) is 0 Å². The lowest BCUT2D eigenvalue weighted by Gasteiger charge is -2.18. The fourth-order valence-corrected chi connectivity index (χ4v) is 1.57. The highest BCUT2D eigenvalue weighted by Gasteiger charge is 2.30. The van der Waals surface area contributed by atoms with Gasteiger partial charge in [-0.3, -0.25) is 0 Å². The number of benzene rings is 1. The monoisotopic (exact) mass is 247 g/mol. The average Bonchev–Trinajstić information content (AvgIpc) is 2.28. The van der Waals surface area contributed by atoms with E-state index in [0.29, 0.717) is 18.7 Å². The summed E-state index contributed by atoms with van der Waals surface area (Å²) in [6.07, 6.45) is -4.67. The maximum Gasteiger partial charge on any atom is 0.416 e. The number of hydrogen-bond acceptors (Lipinski definition) is 2. The molecule has 0 aliphatic rings. The van der Waals surface area contributed by atoms with Crippen molar-refractivity contribution >= 4 is 0 Å². The quantitative estimate of drug-likeness (QED) is 0.863. The minimum Gasteiger partial charge on any atom is -0.372 e. The Labute approximate surface area is 98.8 Å². The van der Waals surface area contributed by atoms with Crippen molar-refractivity contribution < 1.29 is 17.9 Å². The van der Waals surface area contributed by atoms with Gasteiger partial charge in [0, 0.05) is 13.2 Å². The van der Waals surface area contributed by atoms with E-state index in [9.17, 15) is 13.2 Å². The van der Waals surface area contributed by atoms with E-state index in [-0.39, 0.29) is 6.10 Å². The van der Waals surface area contributed by atoms with E-state index in [2.05, 4.69) is 5.32 Å². The Bertz CT molecular complexity index is 346. The lowest BCUT2D eigenvalue weighted by atomic mass is 10.1. The second-order valence-electron chi connectivity index (χ2n) is 3.62. The minimum atomic E-state index is -4.31. The van der Waals surface area contributed by atoms with Gasteiger partial charge in [0.2, 0.25) is 0 Å². The standard InChI is InChI=1S/C12H16F3NO/c1-3-17-11(8-16-2)9-5-4-6-10(7-9)12(13,14)15/h4-7,11,16H,3,8H2,1-2H3. The number of rotatable bonds is 5. The molecule has 1 atom stereocenters. The number of halogens is 3. The Morgan fingerprint density at radius 2 is 2.06 bits per heavy atom. The fraction of sp³-hybridized carbons (Fsp3) is 0.500. The zero-order chi connectivity index (χ0) is 12.9. The van der Waals surface area contributed by atoms with Gasteiger partial charge in [0.25, 0.3) is 0 Å². The molecule has 1 aromatic rings. The molecule has 96 valence electrons. The molecule has 1 rings (SSSR count). The lowest BCUT2D eigenvalue weighted by Crippen LogP contribution is -2.20. The van der Waals surface area contributed by atoms with Crippen molar-refractivity contribution in [1.29, 1.82) is 0 Å². The zero-order valence-electron chi connectivity index (χ0n) is 9.84. The van der Waals surface area contributed by atoms with Gasteiger partial charge in [-0.25, -0.2) is 0 Å². The highest BCUT2D eigenvalue weighted by atomic mass is 19.4. The van der Waals surface area contributed by atoms with E-state index >= 15 is 0 Å². The van der Waals surface area contributed by atoms with Crippen LogP contribution in [-0.2, 0) is 10.9 Å². The first kappa shape index (κ1) is 14.0. The molecule has 1 aromatic carbocycles. The van der Waals surface area contributed by atoms with Gasteiger partial charge in [-0.1, -0.05) is 12.1 Å². The van der Waals surface area contributed by atoms with Crippen LogP contribution in [0.25, 0.3) is 0 Å². The summed E-state index contributed by atoms with van der Waals surface area (Å²) >= 11 is 0. The summed E-state index contributed by atoms with van der Waals surface area (Å²) in [5.41, 5.74) is -0.105. The van der Waals surface area contributed by atoms with E-state index < -0.39 is 11.7 Å². The van der Waals surface area contributed by atoms with Gasteiger partial charge < -0.3 is 10.1 Å². The predicted molar refractivity (Wildman–Crippen MR) is 59.7 cm³/mol. The molecular weight excluding hydrogens is 231 g/mol. The van der Waals surface area contributed by atoms with Crippen LogP contribution in [0.15, 0.2) is 24.3 Å². The first-order chi connectivity index (χ1) is 7.99. The number of ether oxygens (including phenoxy) is 1. The molecule has 0 saturated carbocycles. The smallest absolute Gasteiger partial charge is 0.372 e. The van der Waals surface area contributed by atoms with Crippen molar-refractivity contribution in [3.8, 4) is 0 Å². The van der Waals surface area contributed by atoms with Gasteiger partial charge in [0.1, 0.15) is 0 Å². The van der Waals surface area contributed by atoms with Gasteiger partial charge in [-0.05, 0) is 31.7 Å². The first-order valence-electron chi connectivity index (χ1n) is 5.42. The van der Waals surface area contributed by atoms with E-state index in [1.807, 2.05) is 6.92 Å². The van der Waals surface area contributed by atoms with Crippen molar-refractivity contribution in [2.75, 3.05) is 20.2 Å². The summed E-state index contributed by atoms with van der Waals surface area (Å²) in [5.74, 6) is 0. The SMILES string of the molecule is CCOC(CNC)c1cccc(C(F)(F)F)c1. The van der Waals surface area contributed by atoms with Crippen LogP contribution in [0.1, 0.15) is 24.2 Å². The highest BCUT2D eigenvalue weighted by Crippen LogP contribution is 2.31. The summed E-state index contributed by atoms with van der Waals surface area (Å²) in [5, 5.41) is 2.90. The van der Waals surface area contributed by atoms with E-state index in [4.69, 9.17) is 4.74 Å². The molecule has 1 unspecified atom stereocenters. The molecule has 0 heterocycles. The second kappa shape index (κ2) is 6.02. The van der Waals surface area contributed by atoms with Gasteiger partial charge in [0.05, 0.1) is 11.7 Å². The molecule has 0 radical (unpaired) electrons. The van der Waals surface area contributed by atoms with Crippen LogP contribution in [-0.4, -0.2) is 20.2 Å². The third-order valence-corrected chi connectivity index (χ3v) is 2.34. The summed E-state index contributed by atoms with van der Waals surface area (Å²) in [6.45, 7) is 2.76. The Kier molecular flexibility index (Phi) is 4.96. The average molecular weight is 247 g/mol. The normalized spacial score (nSPS) is 13.7. The molecule has 0 aromatic heterocycles. The molecule has 5 heteroatoms. The van der Waals surface area contributed by atoms with Crippen molar-refractivity contribution in [1.82, 2.24) is 5.32 Å². The van der Waals surface area contributed by atoms with Crippen molar-refractivity contribution in [3.05, 3.63) is 35.4 Å². The number of nitrogens with one attached hydrogen (secondary N) is 1. The van der Waals surface area contributed by atoms with E-state index in [1.54, 1.807) is 13.1 Å². The first-order valence-corrected chi connectivity index (χ1v) is 5.42. The molecule has 0 aliphatic heterocycles.